The van der Waals surface area contributed by atoms with Gasteiger partial charge in [-0.25, -0.2) is 0 Å². The summed E-state index contributed by atoms with van der Waals surface area (Å²) in [6, 6.07) is 15.0. The minimum atomic E-state index is -0.852. The zero-order valence-corrected chi connectivity index (χ0v) is 11.6. The lowest BCUT2D eigenvalue weighted by Crippen LogP contribution is -2.28. The third-order valence-corrected chi connectivity index (χ3v) is 3.65. The Morgan fingerprint density at radius 1 is 0.684 bits per heavy atom. The Morgan fingerprint density at radius 2 is 1.05 bits per heavy atom. The molecule has 0 spiro atoms. The predicted molar refractivity (Wildman–Crippen MR) is 75.6 cm³/mol. The zero-order valence-electron chi connectivity index (χ0n) is 10.1. The lowest BCUT2D eigenvalue weighted by atomic mass is 9.97. The highest BCUT2D eigenvalue weighted by molar-refractivity contribution is 6.30. The largest absolute Gasteiger partial charge is 0.340 e. The van der Waals surface area contributed by atoms with E-state index in [2.05, 4.69) is 0 Å². The van der Waals surface area contributed by atoms with E-state index in [0.29, 0.717) is 23.3 Å². The number of benzene rings is 2. The monoisotopic (exact) mass is 294 g/mol. The molecule has 2 aromatic rings. The van der Waals surface area contributed by atoms with Crippen LogP contribution in [0.3, 0.4) is 0 Å². The van der Waals surface area contributed by atoms with Crippen LogP contribution < -0.4 is 0 Å². The molecular formula is C15H12Cl2O2. The van der Waals surface area contributed by atoms with E-state index in [9.17, 15) is 0 Å². The van der Waals surface area contributed by atoms with Crippen LogP contribution in [0.15, 0.2) is 48.5 Å². The molecule has 1 aliphatic heterocycles. The minimum absolute atomic E-state index is 0.561. The topological polar surface area (TPSA) is 18.5 Å². The van der Waals surface area contributed by atoms with Crippen molar-refractivity contribution in [2.75, 3.05) is 13.2 Å². The molecular weight excluding hydrogens is 283 g/mol. The number of halogens is 2. The van der Waals surface area contributed by atoms with Crippen LogP contribution in [-0.2, 0) is 15.3 Å². The molecule has 0 atom stereocenters. The Morgan fingerprint density at radius 3 is 1.42 bits per heavy atom. The zero-order chi connectivity index (χ0) is 13.3. The molecule has 19 heavy (non-hydrogen) atoms. The van der Waals surface area contributed by atoms with E-state index in [4.69, 9.17) is 32.7 Å². The first-order chi connectivity index (χ1) is 9.21. The van der Waals surface area contributed by atoms with E-state index < -0.39 is 5.79 Å². The number of hydrogen-bond donors (Lipinski definition) is 0. The van der Waals surface area contributed by atoms with Gasteiger partial charge in [0.05, 0.1) is 13.2 Å². The smallest absolute Gasteiger partial charge is 0.222 e. The first kappa shape index (κ1) is 12.9. The SMILES string of the molecule is Clc1ccc(C2(c3ccc(Cl)cc3)OCCO2)cc1. The molecule has 0 N–H and O–H groups in total. The third-order valence-electron chi connectivity index (χ3n) is 3.14. The second-order valence-corrected chi connectivity index (χ2v) is 5.20. The van der Waals surface area contributed by atoms with Crippen molar-refractivity contribution in [3.8, 4) is 0 Å². The molecule has 1 aliphatic rings. The van der Waals surface area contributed by atoms with Gasteiger partial charge in [-0.2, -0.15) is 0 Å². The van der Waals surface area contributed by atoms with Crippen molar-refractivity contribution in [2.24, 2.45) is 0 Å². The summed E-state index contributed by atoms with van der Waals surface area (Å²) in [5.41, 5.74) is 1.86. The molecule has 0 aromatic heterocycles. The number of rotatable bonds is 2. The summed E-state index contributed by atoms with van der Waals surface area (Å²) >= 11 is 11.9. The Balaban J connectivity index is 2.08. The van der Waals surface area contributed by atoms with Gasteiger partial charge in [-0.1, -0.05) is 47.5 Å². The van der Waals surface area contributed by atoms with Gasteiger partial charge >= 0.3 is 0 Å². The number of hydrogen-bond acceptors (Lipinski definition) is 2. The van der Waals surface area contributed by atoms with Gasteiger partial charge in [0.15, 0.2) is 0 Å². The van der Waals surface area contributed by atoms with Crippen molar-refractivity contribution < 1.29 is 9.47 Å². The van der Waals surface area contributed by atoms with Crippen LogP contribution in [0.2, 0.25) is 10.0 Å². The first-order valence-electron chi connectivity index (χ1n) is 6.01. The molecule has 1 fully saturated rings. The minimum Gasteiger partial charge on any atom is -0.340 e. The van der Waals surface area contributed by atoms with Crippen molar-refractivity contribution in [3.05, 3.63) is 69.7 Å². The Bertz CT molecular complexity index is 510. The predicted octanol–water partition coefficient (Wildman–Crippen LogP) is 4.24. The van der Waals surface area contributed by atoms with Crippen LogP contribution in [0.4, 0.5) is 0 Å². The maximum atomic E-state index is 5.93. The maximum absolute atomic E-state index is 5.93. The molecule has 2 nitrogen and oxygen atoms in total. The van der Waals surface area contributed by atoms with Crippen LogP contribution >= 0.6 is 23.2 Å². The Kier molecular flexibility index (Phi) is 3.50. The van der Waals surface area contributed by atoms with Crippen molar-refractivity contribution in [3.63, 3.8) is 0 Å². The average Bonchev–Trinajstić information content (AvgIpc) is 2.91. The Hall–Kier alpha value is -1.06. The van der Waals surface area contributed by atoms with Gasteiger partial charge in [0.1, 0.15) is 0 Å². The quantitative estimate of drug-likeness (QED) is 0.825. The van der Waals surface area contributed by atoms with Gasteiger partial charge in [-0.15, -0.1) is 0 Å². The molecule has 0 radical (unpaired) electrons. The van der Waals surface area contributed by atoms with Crippen LogP contribution in [0.5, 0.6) is 0 Å². The Labute approximate surface area is 121 Å². The molecule has 0 saturated carbocycles. The van der Waals surface area contributed by atoms with Gasteiger partial charge < -0.3 is 9.47 Å². The summed E-state index contributed by atoms with van der Waals surface area (Å²) < 4.78 is 11.8. The summed E-state index contributed by atoms with van der Waals surface area (Å²) in [6.45, 7) is 1.12. The first-order valence-corrected chi connectivity index (χ1v) is 6.76. The summed E-state index contributed by atoms with van der Waals surface area (Å²) in [5.74, 6) is -0.852. The van der Waals surface area contributed by atoms with Gasteiger partial charge in [0.2, 0.25) is 5.79 Å². The molecule has 0 unspecified atom stereocenters. The highest BCUT2D eigenvalue weighted by atomic mass is 35.5. The highest BCUT2D eigenvalue weighted by Crippen LogP contribution is 2.38. The molecule has 0 amide bonds. The standard InChI is InChI=1S/C15H12Cl2O2/c16-13-5-1-11(2-6-13)15(18-9-10-19-15)12-3-7-14(17)8-4-12/h1-8H,9-10H2. The average molecular weight is 295 g/mol. The fourth-order valence-electron chi connectivity index (χ4n) is 2.25. The molecule has 1 heterocycles. The second kappa shape index (κ2) is 5.14. The van der Waals surface area contributed by atoms with Crippen molar-refractivity contribution in [1.29, 1.82) is 0 Å². The fraction of sp³-hybridized carbons (Fsp3) is 0.200. The van der Waals surface area contributed by atoms with E-state index in [0.717, 1.165) is 11.1 Å². The molecule has 0 aliphatic carbocycles. The molecule has 1 saturated heterocycles. The maximum Gasteiger partial charge on any atom is 0.222 e. The van der Waals surface area contributed by atoms with Crippen molar-refractivity contribution in [2.45, 2.75) is 5.79 Å². The summed E-state index contributed by atoms with van der Waals surface area (Å²) in [4.78, 5) is 0. The lowest BCUT2D eigenvalue weighted by Gasteiger charge is -2.28. The highest BCUT2D eigenvalue weighted by Gasteiger charge is 2.40. The number of ether oxygens (including phenoxy) is 2. The second-order valence-electron chi connectivity index (χ2n) is 4.33. The van der Waals surface area contributed by atoms with E-state index in [1.54, 1.807) is 0 Å². The lowest BCUT2D eigenvalue weighted by molar-refractivity contribution is -0.129. The summed E-state index contributed by atoms with van der Waals surface area (Å²) in [5, 5.41) is 1.38. The molecule has 0 bridgehead atoms. The van der Waals surface area contributed by atoms with Crippen LogP contribution in [0, 0.1) is 0 Å². The van der Waals surface area contributed by atoms with E-state index in [1.807, 2.05) is 48.5 Å². The molecule has 2 aromatic carbocycles. The summed E-state index contributed by atoms with van der Waals surface area (Å²) in [7, 11) is 0. The van der Waals surface area contributed by atoms with E-state index in [-0.39, 0.29) is 0 Å². The van der Waals surface area contributed by atoms with Crippen molar-refractivity contribution >= 4 is 23.2 Å². The van der Waals surface area contributed by atoms with Gasteiger partial charge in [0, 0.05) is 21.2 Å². The third kappa shape index (κ3) is 2.37. The van der Waals surface area contributed by atoms with Crippen LogP contribution in [0.1, 0.15) is 11.1 Å². The van der Waals surface area contributed by atoms with Gasteiger partial charge in [0.25, 0.3) is 0 Å². The van der Waals surface area contributed by atoms with Gasteiger partial charge in [-0.05, 0) is 24.3 Å². The van der Waals surface area contributed by atoms with E-state index >= 15 is 0 Å². The molecule has 4 heteroatoms. The van der Waals surface area contributed by atoms with Crippen LogP contribution in [0.25, 0.3) is 0 Å². The molecule has 98 valence electrons. The van der Waals surface area contributed by atoms with Crippen LogP contribution in [-0.4, -0.2) is 13.2 Å². The fourth-order valence-corrected chi connectivity index (χ4v) is 2.50. The van der Waals surface area contributed by atoms with E-state index in [1.165, 1.54) is 0 Å². The summed E-state index contributed by atoms with van der Waals surface area (Å²) in [6.07, 6.45) is 0. The van der Waals surface area contributed by atoms with Crippen molar-refractivity contribution in [1.82, 2.24) is 0 Å². The molecule has 3 rings (SSSR count). The van der Waals surface area contributed by atoms with Gasteiger partial charge in [-0.3, -0.25) is 0 Å². The normalized spacial score (nSPS) is 17.6.